The van der Waals surface area contributed by atoms with E-state index in [-0.39, 0.29) is 12.6 Å². The number of hydrogen-bond donors (Lipinski definition) is 2. The molecule has 104 valence electrons. The zero-order chi connectivity index (χ0) is 14.0. The largest absolute Gasteiger partial charge is 0.395 e. The summed E-state index contributed by atoms with van der Waals surface area (Å²) in [6, 6.07) is 2.10. The predicted octanol–water partition coefficient (Wildman–Crippen LogP) is 1.79. The van der Waals surface area contributed by atoms with Crippen LogP contribution in [0.25, 0.3) is 11.0 Å². The van der Waals surface area contributed by atoms with Gasteiger partial charge < -0.3 is 10.4 Å². The molecule has 0 radical (unpaired) electrons. The first-order chi connectivity index (χ1) is 9.06. The molecular formula is C13H19ClN4O. The molecule has 0 aliphatic heterocycles. The molecule has 0 unspecified atom stereocenters. The van der Waals surface area contributed by atoms with Crippen LogP contribution in [0.5, 0.6) is 0 Å². The van der Waals surface area contributed by atoms with Crippen molar-refractivity contribution in [3.05, 3.63) is 22.5 Å². The highest BCUT2D eigenvalue weighted by Gasteiger charge is 2.12. The Labute approximate surface area is 117 Å². The first kappa shape index (κ1) is 14.2. The number of aromatic nitrogens is 3. The minimum absolute atomic E-state index is 0.0850. The molecule has 0 saturated heterocycles. The number of aryl methyl sites for hydroxylation is 2. The van der Waals surface area contributed by atoms with Crippen LogP contribution in [0, 0.1) is 6.92 Å². The van der Waals surface area contributed by atoms with Crippen LogP contribution in [0.15, 0.2) is 6.07 Å². The lowest BCUT2D eigenvalue weighted by Gasteiger charge is -2.14. The molecule has 0 aliphatic carbocycles. The monoisotopic (exact) mass is 282 g/mol. The molecule has 0 spiro atoms. The molecular weight excluding hydrogens is 264 g/mol. The number of nitrogens with zero attached hydrogens (tertiary/aromatic N) is 3. The second kappa shape index (κ2) is 5.86. The Hall–Kier alpha value is -1.17. The molecule has 0 fully saturated rings. The average molecular weight is 283 g/mol. The molecule has 0 bridgehead atoms. The Morgan fingerprint density at radius 3 is 2.89 bits per heavy atom. The molecule has 19 heavy (non-hydrogen) atoms. The highest BCUT2D eigenvalue weighted by Crippen LogP contribution is 2.22. The molecule has 1 atom stereocenters. The van der Waals surface area contributed by atoms with E-state index in [0.29, 0.717) is 11.7 Å². The lowest BCUT2D eigenvalue weighted by atomic mass is 10.2. The number of aliphatic hydroxyl groups is 1. The Morgan fingerprint density at radius 1 is 1.53 bits per heavy atom. The number of aliphatic hydroxyl groups excluding tert-OH is 1. The van der Waals surface area contributed by atoms with Crippen molar-refractivity contribution in [2.24, 2.45) is 7.05 Å². The van der Waals surface area contributed by atoms with Crippen LogP contribution in [0.1, 0.15) is 24.6 Å². The Morgan fingerprint density at radius 2 is 2.26 bits per heavy atom. The zero-order valence-corrected chi connectivity index (χ0v) is 12.2. The number of halogens is 1. The van der Waals surface area contributed by atoms with Gasteiger partial charge in [0, 0.05) is 30.6 Å². The molecule has 2 aromatic heterocycles. The smallest absolute Gasteiger partial charge is 0.159 e. The lowest BCUT2D eigenvalue weighted by molar-refractivity contribution is 0.238. The SMILES string of the molecule is CC[C@@H](CO)NCc1cc2c(C)nn(C)c2nc1Cl. The molecule has 0 aromatic carbocycles. The van der Waals surface area contributed by atoms with E-state index in [2.05, 4.69) is 15.4 Å². The number of hydrogen-bond acceptors (Lipinski definition) is 4. The molecule has 0 amide bonds. The maximum atomic E-state index is 9.17. The van der Waals surface area contributed by atoms with Gasteiger partial charge in [-0.2, -0.15) is 5.10 Å². The lowest BCUT2D eigenvalue weighted by Crippen LogP contribution is -2.31. The molecule has 0 saturated carbocycles. The third kappa shape index (κ3) is 2.88. The number of rotatable bonds is 5. The van der Waals surface area contributed by atoms with Gasteiger partial charge >= 0.3 is 0 Å². The topological polar surface area (TPSA) is 63.0 Å². The summed E-state index contributed by atoms with van der Waals surface area (Å²) in [6.07, 6.45) is 0.871. The van der Waals surface area contributed by atoms with Gasteiger partial charge in [-0.3, -0.25) is 4.68 Å². The van der Waals surface area contributed by atoms with Crippen molar-refractivity contribution in [1.29, 1.82) is 0 Å². The third-order valence-corrected chi connectivity index (χ3v) is 3.65. The molecule has 2 rings (SSSR count). The third-order valence-electron chi connectivity index (χ3n) is 3.32. The van der Waals surface area contributed by atoms with Crippen molar-refractivity contribution in [3.8, 4) is 0 Å². The van der Waals surface area contributed by atoms with E-state index < -0.39 is 0 Å². The van der Waals surface area contributed by atoms with Gasteiger partial charge in [0.15, 0.2) is 5.65 Å². The normalized spacial score (nSPS) is 13.1. The van der Waals surface area contributed by atoms with E-state index >= 15 is 0 Å². The van der Waals surface area contributed by atoms with Gasteiger partial charge in [0.1, 0.15) is 5.15 Å². The van der Waals surface area contributed by atoms with Crippen LogP contribution in [0.3, 0.4) is 0 Å². The van der Waals surface area contributed by atoms with Crippen LogP contribution < -0.4 is 5.32 Å². The summed E-state index contributed by atoms with van der Waals surface area (Å²) in [5.74, 6) is 0. The average Bonchev–Trinajstić information content (AvgIpc) is 2.66. The Balaban J connectivity index is 2.28. The van der Waals surface area contributed by atoms with E-state index in [1.807, 2.05) is 27.0 Å². The summed E-state index contributed by atoms with van der Waals surface area (Å²) in [7, 11) is 1.86. The van der Waals surface area contributed by atoms with Gasteiger partial charge in [-0.25, -0.2) is 4.98 Å². The Kier molecular flexibility index (Phi) is 4.39. The highest BCUT2D eigenvalue weighted by molar-refractivity contribution is 6.30. The number of fused-ring (bicyclic) bond motifs is 1. The van der Waals surface area contributed by atoms with Crippen LogP contribution >= 0.6 is 11.6 Å². The summed E-state index contributed by atoms with van der Waals surface area (Å²) < 4.78 is 1.73. The quantitative estimate of drug-likeness (QED) is 0.821. The molecule has 6 heteroatoms. The summed E-state index contributed by atoms with van der Waals surface area (Å²) in [6.45, 7) is 4.70. The summed E-state index contributed by atoms with van der Waals surface area (Å²) in [5.41, 5.74) is 2.66. The van der Waals surface area contributed by atoms with Gasteiger partial charge in [-0.1, -0.05) is 18.5 Å². The van der Waals surface area contributed by atoms with Crippen molar-refractivity contribution in [2.75, 3.05) is 6.61 Å². The summed E-state index contributed by atoms with van der Waals surface area (Å²) >= 11 is 6.20. The van der Waals surface area contributed by atoms with Gasteiger partial charge in [-0.15, -0.1) is 0 Å². The summed E-state index contributed by atoms with van der Waals surface area (Å²) in [5, 5.41) is 18.3. The van der Waals surface area contributed by atoms with Crippen LogP contribution in [0.4, 0.5) is 0 Å². The molecule has 2 aromatic rings. The molecule has 5 nitrogen and oxygen atoms in total. The van der Waals surface area contributed by atoms with Crippen molar-refractivity contribution in [2.45, 2.75) is 32.9 Å². The van der Waals surface area contributed by atoms with Gasteiger partial charge in [-0.05, 0) is 19.4 Å². The maximum absolute atomic E-state index is 9.17. The maximum Gasteiger partial charge on any atom is 0.159 e. The van der Waals surface area contributed by atoms with E-state index in [1.54, 1.807) is 4.68 Å². The van der Waals surface area contributed by atoms with Crippen molar-refractivity contribution in [3.63, 3.8) is 0 Å². The van der Waals surface area contributed by atoms with E-state index in [4.69, 9.17) is 16.7 Å². The summed E-state index contributed by atoms with van der Waals surface area (Å²) in [4.78, 5) is 4.39. The van der Waals surface area contributed by atoms with E-state index in [1.165, 1.54) is 0 Å². The predicted molar refractivity (Wildman–Crippen MR) is 76.3 cm³/mol. The van der Waals surface area contributed by atoms with Crippen molar-refractivity contribution in [1.82, 2.24) is 20.1 Å². The number of pyridine rings is 1. The fourth-order valence-corrected chi connectivity index (χ4v) is 2.28. The van der Waals surface area contributed by atoms with Crippen LogP contribution in [0.2, 0.25) is 5.15 Å². The minimum atomic E-state index is 0.0850. The molecule has 2 heterocycles. The van der Waals surface area contributed by atoms with Crippen LogP contribution in [-0.4, -0.2) is 32.5 Å². The zero-order valence-electron chi connectivity index (χ0n) is 11.4. The number of nitrogens with one attached hydrogen (secondary N) is 1. The fourth-order valence-electron chi connectivity index (χ4n) is 2.08. The van der Waals surface area contributed by atoms with Gasteiger partial charge in [0.2, 0.25) is 0 Å². The second-order valence-corrected chi connectivity index (χ2v) is 5.05. The van der Waals surface area contributed by atoms with Crippen LogP contribution in [-0.2, 0) is 13.6 Å². The van der Waals surface area contributed by atoms with E-state index in [9.17, 15) is 0 Å². The molecule has 2 N–H and O–H groups in total. The van der Waals surface area contributed by atoms with Gasteiger partial charge in [0.05, 0.1) is 12.3 Å². The standard InChI is InChI=1S/C13H19ClN4O/c1-4-10(7-19)15-6-9-5-11-8(2)17-18(3)13(11)16-12(9)14/h5,10,15,19H,4,6-7H2,1-3H3/t10-/m0/s1. The minimum Gasteiger partial charge on any atom is -0.395 e. The van der Waals surface area contributed by atoms with Gasteiger partial charge in [0.25, 0.3) is 0 Å². The first-order valence-electron chi connectivity index (χ1n) is 6.39. The van der Waals surface area contributed by atoms with Crippen molar-refractivity contribution < 1.29 is 5.11 Å². The van der Waals surface area contributed by atoms with E-state index in [0.717, 1.165) is 28.7 Å². The van der Waals surface area contributed by atoms with Crippen molar-refractivity contribution >= 4 is 22.6 Å². The second-order valence-electron chi connectivity index (χ2n) is 4.69. The first-order valence-corrected chi connectivity index (χ1v) is 6.77. The molecule has 0 aliphatic rings. The Bertz CT molecular complexity index is 578. The fraction of sp³-hybridized carbons (Fsp3) is 0.538. The highest BCUT2D eigenvalue weighted by atomic mass is 35.5.